The van der Waals surface area contributed by atoms with Crippen molar-refractivity contribution in [2.45, 2.75) is 38.5 Å². The number of hydrogen-bond acceptors (Lipinski definition) is 8. The number of fused-ring (bicyclic) bond motifs is 1. The van der Waals surface area contributed by atoms with Crippen LogP contribution in [0.3, 0.4) is 0 Å². The number of rotatable bonds is 5. The molecule has 0 unspecified atom stereocenters. The minimum atomic E-state index is -3.21. The van der Waals surface area contributed by atoms with Gasteiger partial charge in [0.1, 0.15) is 12.4 Å². The van der Waals surface area contributed by atoms with E-state index in [4.69, 9.17) is 4.74 Å². The number of aliphatic hydroxyl groups is 1. The lowest BCUT2D eigenvalue weighted by atomic mass is 10.1. The van der Waals surface area contributed by atoms with E-state index in [1.807, 2.05) is 6.92 Å². The maximum absolute atomic E-state index is 11.7. The third kappa shape index (κ3) is 4.02. The van der Waals surface area contributed by atoms with Crippen molar-refractivity contribution in [1.82, 2.24) is 15.3 Å². The first-order valence-electron chi connectivity index (χ1n) is 8.30. The van der Waals surface area contributed by atoms with Crippen LogP contribution in [0, 0.1) is 0 Å². The Bertz CT molecular complexity index is 695. The SMILES string of the molecule is CCOCc1nc2c(c(N[C@@H]3CS(=O)(=O)C[C@H]3O)n1)CCNCC2. The standard InChI is InChI=1S/C15H24N4O4S/c1-2-23-7-14-17-11-4-6-16-5-3-10(11)15(19-14)18-12-8-24(21,22)9-13(12)20/h12-13,16,20H,2-9H2,1H3,(H,17,18,19)/t12-,13-/m1/s1. The second-order valence-corrected chi connectivity index (χ2v) is 8.35. The van der Waals surface area contributed by atoms with Crippen molar-refractivity contribution in [3.8, 4) is 0 Å². The lowest BCUT2D eigenvalue weighted by molar-refractivity contribution is 0.128. The van der Waals surface area contributed by atoms with Crippen LogP contribution < -0.4 is 10.6 Å². The van der Waals surface area contributed by atoms with E-state index in [-0.39, 0.29) is 11.5 Å². The normalized spacial score (nSPS) is 25.9. The van der Waals surface area contributed by atoms with Crippen molar-refractivity contribution >= 4 is 15.7 Å². The molecule has 1 aromatic heterocycles. The Morgan fingerprint density at radius 2 is 2.08 bits per heavy atom. The minimum absolute atomic E-state index is 0.0774. The summed E-state index contributed by atoms with van der Waals surface area (Å²) >= 11 is 0. The summed E-state index contributed by atoms with van der Waals surface area (Å²) < 4.78 is 28.9. The fourth-order valence-electron chi connectivity index (χ4n) is 3.12. The first kappa shape index (κ1) is 17.5. The predicted molar refractivity (Wildman–Crippen MR) is 89.7 cm³/mol. The zero-order valence-corrected chi connectivity index (χ0v) is 14.6. The number of nitrogens with one attached hydrogen (secondary N) is 2. The van der Waals surface area contributed by atoms with Gasteiger partial charge in [-0.05, 0) is 19.9 Å². The van der Waals surface area contributed by atoms with Gasteiger partial charge in [0.05, 0.1) is 29.3 Å². The molecule has 2 aliphatic rings. The van der Waals surface area contributed by atoms with Crippen LogP contribution in [0.15, 0.2) is 0 Å². The Balaban J connectivity index is 1.89. The zero-order valence-electron chi connectivity index (χ0n) is 13.8. The van der Waals surface area contributed by atoms with Crippen molar-refractivity contribution in [3.63, 3.8) is 0 Å². The molecule has 0 radical (unpaired) electrons. The van der Waals surface area contributed by atoms with Gasteiger partial charge in [0, 0.05) is 25.1 Å². The molecule has 0 aromatic carbocycles. The highest BCUT2D eigenvalue weighted by atomic mass is 32.2. The fourth-order valence-corrected chi connectivity index (χ4v) is 4.86. The molecule has 0 aliphatic carbocycles. The van der Waals surface area contributed by atoms with Gasteiger partial charge in [-0.3, -0.25) is 0 Å². The highest BCUT2D eigenvalue weighted by molar-refractivity contribution is 7.91. The van der Waals surface area contributed by atoms with Gasteiger partial charge >= 0.3 is 0 Å². The zero-order chi connectivity index (χ0) is 17.2. The van der Waals surface area contributed by atoms with Crippen LogP contribution in [-0.4, -0.2) is 66.8 Å². The van der Waals surface area contributed by atoms with E-state index in [9.17, 15) is 13.5 Å². The maximum atomic E-state index is 11.7. The Kier molecular flexibility index (Phi) is 5.33. The number of hydrogen-bond donors (Lipinski definition) is 3. The highest BCUT2D eigenvalue weighted by Gasteiger charge is 2.37. The maximum Gasteiger partial charge on any atom is 0.156 e. The van der Waals surface area contributed by atoms with E-state index >= 15 is 0 Å². The van der Waals surface area contributed by atoms with Gasteiger partial charge in [0.25, 0.3) is 0 Å². The summed E-state index contributed by atoms with van der Waals surface area (Å²) in [5.41, 5.74) is 1.96. The highest BCUT2D eigenvalue weighted by Crippen LogP contribution is 2.24. The van der Waals surface area contributed by atoms with E-state index in [2.05, 4.69) is 20.6 Å². The van der Waals surface area contributed by atoms with Gasteiger partial charge in [-0.2, -0.15) is 0 Å². The number of ether oxygens (including phenoxy) is 1. The van der Waals surface area contributed by atoms with Gasteiger partial charge in [-0.15, -0.1) is 0 Å². The van der Waals surface area contributed by atoms with Gasteiger partial charge in [-0.1, -0.05) is 0 Å². The molecule has 2 atom stereocenters. The van der Waals surface area contributed by atoms with Crippen LogP contribution in [0.4, 0.5) is 5.82 Å². The van der Waals surface area contributed by atoms with Crippen LogP contribution in [0.25, 0.3) is 0 Å². The van der Waals surface area contributed by atoms with Crippen LogP contribution in [-0.2, 0) is 34.0 Å². The van der Waals surface area contributed by atoms with Crippen LogP contribution in [0.2, 0.25) is 0 Å². The molecule has 3 rings (SSSR count). The summed E-state index contributed by atoms with van der Waals surface area (Å²) in [6.45, 7) is 4.47. The lowest BCUT2D eigenvalue weighted by Crippen LogP contribution is -2.33. The summed E-state index contributed by atoms with van der Waals surface area (Å²) in [6, 6.07) is -0.537. The molecule has 134 valence electrons. The average molecular weight is 356 g/mol. The number of aliphatic hydroxyl groups excluding tert-OH is 1. The summed E-state index contributed by atoms with van der Waals surface area (Å²) in [4.78, 5) is 9.13. The third-order valence-corrected chi connectivity index (χ3v) is 6.03. The molecule has 1 saturated heterocycles. The van der Waals surface area contributed by atoms with Gasteiger partial charge < -0.3 is 20.5 Å². The van der Waals surface area contributed by atoms with Crippen LogP contribution in [0.5, 0.6) is 0 Å². The molecule has 0 saturated carbocycles. The third-order valence-electron chi connectivity index (χ3n) is 4.31. The molecule has 8 nitrogen and oxygen atoms in total. The molecule has 0 amide bonds. The monoisotopic (exact) mass is 356 g/mol. The largest absolute Gasteiger partial charge is 0.390 e. The van der Waals surface area contributed by atoms with Crippen LogP contribution >= 0.6 is 0 Å². The van der Waals surface area contributed by atoms with Gasteiger partial charge in [-0.25, -0.2) is 18.4 Å². The second-order valence-electron chi connectivity index (χ2n) is 6.20. The topological polar surface area (TPSA) is 113 Å². The summed E-state index contributed by atoms with van der Waals surface area (Å²) in [6.07, 6.45) is 0.638. The van der Waals surface area contributed by atoms with Gasteiger partial charge in [0.15, 0.2) is 15.7 Å². The smallest absolute Gasteiger partial charge is 0.156 e. The molecular weight excluding hydrogens is 332 g/mol. The van der Waals surface area contributed by atoms with E-state index in [0.29, 0.717) is 24.9 Å². The van der Waals surface area contributed by atoms with Crippen molar-refractivity contribution in [2.24, 2.45) is 0 Å². The molecule has 24 heavy (non-hydrogen) atoms. The Labute approximate surface area is 142 Å². The first-order chi connectivity index (χ1) is 11.5. The minimum Gasteiger partial charge on any atom is -0.390 e. The number of aromatic nitrogens is 2. The van der Waals surface area contributed by atoms with E-state index in [1.165, 1.54) is 0 Å². The first-order valence-corrected chi connectivity index (χ1v) is 10.1. The molecular formula is C15H24N4O4S. The number of anilines is 1. The lowest BCUT2D eigenvalue weighted by Gasteiger charge is -2.20. The molecule has 9 heteroatoms. The van der Waals surface area contributed by atoms with Crippen molar-refractivity contribution in [1.29, 1.82) is 0 Å². The Hall–Kier alpha value is -1.29. The molecule has 0 spiro atoms. The van der Waals surface area contributed by atoms with Crippen molar-refractivity contribution in [3.05, 3.63) is 17.1 Å². The van der Waals surface area contributed by atoms with E-state index in [1.54, 1.807) is 0 Å². The van der Waals surface area contributed by atoms with Crippen molar-refractivity contribution in [2.75, 3.05) is 36.5 Å². The molecule has 0 bridgehead atoms. The number of sulfone groups is 1. The van der Waals surface area contributed by atoms with Gasteiger partial charge in [0.2, 0.25) is 0 Å². The quantitative estimate of drug-likeness (QED) is 0.633. The summed E-state index contributed by atoms with van der Waals surface area (Å²) in [5.74, 6) is 0.923. The predicted octanol–water partition coefficient (Wildman–Crippen LogP) is -0.729. The molecule has 1 aromatic rings. The average Bonchev–Trinajstić information content (AvgIpc) is 2.69. The second kappa shape index (κ2) is 7.30. The summed E-state index contributed by atoms with van der Waals surface area (Å²) in [5, 5.41) is 16.5. The molecule has 1 fully saturated rings. The van der Waals surface area contributed by atoms with Crippen LogP contribution in [0.1, 0.15) is 24.0 Å². The van der Waals surface area contributed by atoms with E-state index in [0.717, 1.165) is 37.2 Å². The molecule has 3 N–H and O–H groups in total. The Morgan fingerprint density at radius 3 is 2.79 bits per heavy atom. The molecule has 3 heterocycles. The number of nitrogens with zero attached hydrogens (tertiary/aromatic N) is 2. The Morgan fingerprint density at radius 1 is 1.29 bits per heavy atom. The summed E-state index contributed by atoms with van der Waals surface area (Å²) in [7, 11) is -3.21. The van der Waals surface area contributed by atoms with Crippen molar-refractivity contribution < 1.29 is 18.3 Å². The molecule has 2 aliphatic heterocycles. The van der Waals surface area contributed by atoms with E-state index < -0.39 is 22.0 Å². The fraction of sp³-hybridized carbons (Fsp3) is 0.733.